The van der Waals surface area contributed by atoms with Gasteiger partial charge < -0.3 is 14.8 Å². The summed E-state index contributed by atoms with van der Waals surface area (Å²) in [7, 11) is 1.85. The first-order valence-corrected chi connectivity index (χ1v) is 4.69. The first-order valence-electron chi connectivity index (χ1n) is 4.28. The average Bonchev–Trinajstić information content (AvgIpc) is 2.63. The van der Waals surface area contributed by atoms with Crippen molar-refractivity contribution in [3.05, 3.63) is 18.2 Å². The van der Waals surface area contributed by atoms with Crippen molar-refractivity contribution in [2.75, 3.05) is 13.6 Å². The van der Waals surface area contributed by atoms with Crippen LogP contribution in [-0.4, -0.2) is 33.2 Å². The lowest BCUT2D eigenvalue weighted by atomic mass is 10.4. The molecule has 1 aromatic rings. The largest absolute Gasteiger partial charge is 0.366 e. The van der Waals surface area contributed by atoms with Crippen LogP contribution in [0, 0.1) is 0 Å². The second kappa shape index (κ2) is 3.33. The highest BCUT2D eigenvalue weighted by molar-refractivity contribution is 7.80. The Morgan fingerprint density at radius 1 is 1.62 bits per heavy atom. The Morgan fingerprint density at radius 2 is 2.46 bits per heavy atom. The summed E-state index contributed by atoms with van der Waals surface area (Å²) >= 11 is 5.16. The normalized spacial score (nSPS) is 15.3. The number of imidazole rings is 1. The highest BCUT2D eigenvalue weighted by atomic mass is 32.1. The number of nitrogens with zero attached hydrogens (tertiary/aromatic N) is 3. The topological polar surface area (TPSA) is 33.1 Å². The molecule has 0 bridgehead atoms. The van der Waals surface area contributed by atoms with Crippen LogP contribution in [0.25, 0.3) is 0 Å². The molecule has 1 aliphatic heterocycles. The number of thiocarbonyl (C=S) groups is 1. The van der Waals surface area contributed by atoms with Crippen LogP contribution in [0.3, 0.4) is 0 Å². The molecule has 0 atom stereocenters. The van der Waals surface area contributed by atoms with Gasteiger partial charge in [0.2, 0.25) is 0 Å². The summed E-state index contributed by atoms with van der Waals surface area (Å²) in [5.41, 5.74) is 0. The molecule has 0 spiro atoms. The van der Waals surface area contributed by atoms with Gasteiger partial charge in [-0.05, 0) is 12.2 Å². The standard InChI is InChI=1S/C8H12N4S/c1-9-8(13)12-5-4-11-3-2-10-7(11)6-12/h2-3H,4-6H2,1H3,(H,9,13). The average molecular weight is 196 g/mol. The van der Waals surface area contributed by atoms with Crippen molar-refractivity contribution < 1.29 is 0 Å². The lowest BCUT2D eigenvalue weighted by molar-refractivity contribution is 0.327. The number of rotatable bonds is 0. The number of hydrogen-bond donors (Lipinski definition) is 1. The van der Waals surface area contributed by atoms with E-state index < -0.39 is 0 Å². The van der Waals surface area contributed by atoms with Gasteiger partial charge in [-0.3, -0.25) is 0 Å². The van der Waals surface area contributed by atoms with E-state index in [9.17, 15) is 0 Å². The zero-order chi connectivity index (χ0) is 9.26. The second-order valence-electron chi connectivity index (χ2n) is 3.01. The smallest absolute Gasteiger partial charge is 0.169 e. The van der Waals surface area contributed by atoms with Gasteiger partial charge in [-0.1, -0.05) is 0 Å². The SMILES string of the molecule is CNC(=S)N1CCn2ccnc2C1. The Morgan fingerprint density at radius 3 is 3.23 bits per heavy atom. The molecule has 13 heavy (non-hydrogen) atoms. The molecule has 1 N–H and O–H groups in total. The number of fused-ring (bicyclic) bond motifs is 1. The minimum atomic E-state index is 0.800. The molecule has 0 fully saturated rings. The van der Waals surface area contributed by atoms with Crippen molar-refractivity contribution in [2.24, 2.45) is 0 Å². The van der Waals surface area contributed by atoms with Crippen molar-refractivity contribution in [1.29, 1.82) is 0 Å². The van der Waals surface area contributed by atoms with Crippen molar-refractivity contribution >= 4 is 17.3 Å². The summed E-state index contributed by atoms with van der Waals surface area (Å²) in [5, 5.41) is 3.78. The van der Waals surface area contributed by atoms with Gasteiger partial charge >= 0.3 is 0 Å². The van der Waals surface area contributed by atoms with Crippen LogP contribution >= 0.6 is 12.2 Å². The molecule has 0 amide bonds. The van der Waals surface area contributed by atoms with Crippen LogP contribution in [0.5, 0.6) is 0 Å². The van der Waals surface area contributed by atoms with E-state index in [2.05, 4.69) is 19.8 Å². The quantitative estimate of drug-likeness (QED) is 0.601. The predicted molar refractivity (Wildman–Crippen MR) is 54.3 cm³/mol. The van der Waals surface area contributed by atoms with Crippen LogP contribution in [0.1, 0.15) is 5.82 Å². The molecule has 1 aliphatic rings. The number of nitrogens with one attached hydrogen (secondary N) is 1. The third-order valence-electron chi connectivity index (χ3n) is 2.25. The van der Waals surface area contributed by atoms with Gasteiger partial charge in [-0.25, -0.2) is 4.98 Å². The Hall–Kier alpha value is -1.10. The predicted octanol–water partition coefficient (Wildman–Crippen LogP) is 0.203. The monoisotopic (exact) mass is 196 g/mol. The lowest BCUT2D eigenvalue weighted by Crippen LogP contribution is -2.42. The fourth-order valence-corrected chi connectivity index (χ4v) is 1.66. The maximum Gasteiger partial charge on any atom is 0.169 e. The summed E-state index contributed by atoms with van der Waals surface area (Å²) in [4.78, 5) is 6.38. The Labute approximate surface area is 82.6 Å². The molecular formula is C8H12N4S. The minimum absolute atomic E-state index is 0.800. The first-order chi connectivity index (χ1) is 6.31. The molecule has 1 aromatic heterocycles. The van der Waals surface area contributed by atoms with Crippen molar-refractivity contribution in [2.45, 2.75) is 13.1 Å². The summed E-state index contributed by atoms with van der Waals surface area (Å²) in [5.74, 6) is 1.09. The highest BCUT2D eigenvalue weighted by Gasteiger charge is 2.17. The maximum absolute atomic E-state index is 5.16. The molecule has 0 aromatic carbocycles. The van der Waals surface area contributed by atoms with Gasteiger partial charge in [0.15, 0.2) is 5.11 Å². The lowest BCUT2D eigenvalue weighted by Gasteiger charge is -2.29. The van der Waals surface area contributed by atoms with E-state index in [0.29, 0.717) is 0 Å². The fourth-order valence-electron chi connectivity index (χ4n) is 1.50. The zero-order valence-electron chi connectivity index (χ0n) is 7.53. The van der Waals surface area contributed by atoms with Crippen molar-refractivity contribution in [1.82, 2.24) is 19.8 Å². The summed E-state index contributed by atoms with van der Waals surface area (Å²) in [6.07, 6.45) is 3.84. The van der Waals surface area contributed by atoms with E-state index in [1.807, 2.05) is 19.4 Å². The second-order valence-corrected chi connectivity index (χ2v) is 3.40. The van der Waals surface area contributed by atoms with Crippen molar-refractivity contribution in [3.8, 4) is 0 Å². The molecule has 2 heterocycles. The van der Waals surface area contributed by atoms with Crippen molar-refractivity contribution in [3.63, 3.8) is 0 Å². The molecule has 0 unspecified atom stereocenters. The fraction of sp³-hybridized carbons (Fsp3) is 0.500. The van der Waals surface area contributed by atoms with Gasteiger partial charge in [0.25, 0.3) is 0 Å². The van der Waals surface area contributed by atoms with E-state index >= 15 is 0 Å². The van der Waals surface area contributed by atoms with E-state index in [0.717, 1.165) is 30.6 Å². The van der Waals surface area contributed by atoms with Crippen LogP contribution in [0.15, 0.2) is 12.4 Å². The van der Waals surface area contributed by atoms with Crippen LogP contribution in [0.2, 0.25) is 0 Å². The number of aromatic nitrogens is 2. The third-order valence-corrected chi connectivity index (χ3v) is 2.71. The molecule has 5 heteroatoms. The summed E-state index contributed by atoms with van der Waals surface area (Å²) in [6, 6.07) is 0. The molecule has 70 valence electrons. The maximum atomic E-state index is 5.16. The van der Waals surface area contributed by atoms with E-state index in [-0.39, 0.29) is 0 Å². The van der Waals surface area contributed by atoms with Crippen LogP contribution in [0.4, 0.5) is 0 Å². The molecule has 0 saturated heterocycles. The zero-order valence-corrected chi connectivity index (χ0v) is 8.34. The molecule has 0 saturated carbocycles. The number of hydrogen-bond acceptors (Lipinski definition) is 2. The van der Waals surface area contributed by atoms with Gasteiger partial charge in [0.1, 0.15) is 5.82 Å². The Bertz CT molecular complexity index is 320. The highest BCUT2D eigenvalue weighted by Crippen LogP contribution is 2.09. The first kappa shape index (κ1) is 8.50. The van der Waals surface area contributed by atoms with Gasteiger partial charge in [-0.2, -0.15) is 0 Å². The van der Waals surface area contributed by atoms with E-state index in [1.54, 1.807) is 0 Å². The van der Waals surface area contributed by atoms with E-state index in [1.165, 1.54) is 0 Å². The molecule has 2 rings (SSSR count). The molecule has 0 aliphatic carbocycles. The third kappa shape index (κ3) is 1.51. The molecule has 0 radical (unpaired) electrons. The van der Waals surface area contributed by atoms with Crippen LogP contribution < -0.4 is 5.32 Å². The Balaban J connectivity index is 2.13. The Kier molecular flexibility index (Phi) is 2.18. The van der Waals surface area contributed by atoms with Gasteiger partial charge in [0, 0.05) is 32.5 Å². The van der Waals surface area contributed by atoms with Crippen LogP contribution in [-0.2, 0) is 13.1 Å². The molecule has 4 nitrogen and oxygen atoms in total. The minimum Gasteiger partial charge on any atom is -0.366 e. The van der Waals surface area contributed by atoms with Gasteiger partial charge in [0.05, 0.1) is 6.54 Å². The molecular weight excluding hydrogens is 184 g/mol. The van der Waals surface area contributed by atoms with Gasteiger partial charge in [-0.15, -0.1) is 0 Å². The summed E-state index contributed by atoms with van der Waals surface area (Å²) < 4.78 is 2.16. The van der Waals surface area contributed by atoms with E-state index in [4.69, 9.17) is 12.2 Å². The summed E-state index contributed by atoms with van der Waals surface area (Å²) in [6.45, 7) is 2.74.